The number of fused-ring (bicyclic) bond motifs is 7. The molecule has 0 unspecified atom stereocenters. The summed E-state index contributed by atoms with van der Waals surface area (Å²) in [6, 6.07) is 35.7. The fourth-order valence-electron chi connectivity index (χ4n) is 6.13. The molecular formula is C37H24N4. The minimum absolute atomic E-state index is 0.597. The monoisotopic (exact) mass is 524 g/mol. The van der Waals surface area contributed by atoms with Gasteiger partial charge in [-0.3, -0.25) is 4.90 Å². The number of allylic oxidation sites excluding steroid dienone is 4. The minimum Gasteiger partial charge on any atom is -0.278 e. The molecule has 0 saturated carbocycles. The zero-order chi connectivity index (χ0) is 27.5. The Morgan fingerprint density at radius 3 is 2.27 bits per heavy atom. The van der Waals surface area contributed by atoms with E-state index in [4.69, 9.17) is 15.0 Å². The van der Waals surface area contributed by atoms with E-state index in [9.17, 15) is 0 Å². The molecule has 41 heavy (non-hydrogen) atoms. The van der Waals surface area contributed by atoms with Crippen LogP contribution in [0.2, 0.25) is 0 Å². The summed E-state index contributed by atoms with van der Waals surface area (Å²) in [6.45, 7) is 8.03. The maximum Gasteiger partial charge on any atom is 0.235 e. The molecule has 1 aliphatic rings. The third kappa shape index (κ3) is 3.38. The molecule has 3 heterocycles. The van der Waals surface area contributed by atoms with E-state index in [0.29, 0.717) is 5.95 Å². The van der Waals surface area contributed by atoms with Crippen LogP contribution < -0.4 is 4.90 Å². The van der Waals surface area contributed by atoms with Crippen LogP contribution in [0.3, 0.4) is 0 Å². The normalized spacial score (nSPS) is 12.7. The molecule has 0 bridgehead atoms. The molecule has 0 spiro atoms. The summed E-state index contributed by atoms with van der Waals surface area (Å²) < 4.78 is 0. The number of pyridine rings is 1. The van der Waals surface area contributed by atoms with Crippen molar-refractivity contribution in [1.29, 1.82) is 0 Å². The van der Waals surface area contributed by atoms with Crippen LogP contribution in [-0.4, -0.2) is 15.0 Å². The molecule has 0 atom stereocenters. The molecule has 0 fully saturated rings. The van der Waals surface area contributed by atoms with E-state index in [0.717, 1.165) is 77.2 Å². The number of hydrogen-bond acceptors (Lipinski definition) is 4. The maximum absolute atomic E-state index is 5.29. The average molecular weight is 525 g/mol. The van der Waals surface area contributed by atoms with Gasteiger partial charge in [-0.1, -0.05) is 110 Å². The predicted molar refractivity (Wildman–Crippen MR) is 172 cm³/mol. The van der Waals surface area contributed by atoms with Gasteiger partial charge in [-0.05, 0) is 35.0 Å². The standard InChI is InChI=1S/C37H24N4/c1-3-12-23(4-2)34-29-22-21-24-13-5-6-14-25(24)35(29)40-37(39-34)41-31-19-10-8-16-28(31)36-33-27(17-11-20-32(33)41)26-15-7-9-18-30(26)38-36/h3-22H,1-2H2/b23-12+. The van der Waals surface area contributed by atoms with Crippen molar-refractivity contribution in [3.63, 3.8) is 0 Å². The topological polar surface area (TPSA) is 41.9 Å². The van der Waals surface area contributed by atoms with E-state index in [1.54, 1.807) is 6.08 Å². The number of rotatable bonds is 4. The first-order valence-electron chi connectivity index (χ1n) is 13.6. The van der Waals surface area contributed by atoms with Crippen LogP contribution in [0.15, 0.2) is 135 Å². The SMILES string of the molecule is C=C/C=C(\C=C)c1nc(N2c3ccccc3-c3nc4ccccc4c4cccc2c34)nc2c1ccc1ccccc12. The van der Waals surface area contributed by atoms with E-state index >= 15 is 0 Å². The molecule has 4 nitrogen and oxygen atoms in total. The molecule has 0 N–H and O–H groups in total. The van der Waals surface area contributed by atoms with E-state index < -0.39 is 0 Å². The summed E-state index contributed by atoms with van der Waals surface area (Å²) in [7, 11) is 0. The molecule has 4 heteroatoms. The third-order valence-corrected chi connectivity index (χ3v) is 7.92. The Bertz CT molecular complexity index is 2260. The van der Waals surface area contributed by atoms with Crippen LogP contribution >= 0.6 is 0 Å². The molecule has 0 aliphatic carbocycles. The summed E-state index contributed by atoms with van der Waals surface area (Å²) in [6.07, 6.45) is 5.55. The highest BCUT2D eigenvalue weighted by Gasteiger charge is 2.30. The van der Waals surface area contributed by atoms with Crippen LogP contribution in [-0.2, 0) is 0 Å². The summed E-state index contributed by atoms with van der Waals surface area (Å²) in [5.41, 5.74) is 7.62. The van der Waals surface area contributed by atoms with Gasteiger partial charge in [0.1, 0.15) is 0 Å². The van der Waals surface area contributed by atoms with Crippen molar-refractivity contribution in [3.8, 4) is 11.3 Å². The molecule has 2 aromatic heterocycles. The van der Waals surface area contributed by atoms with Gasteiger partial charge >= 0.3 is 0 Å². The lowest BCUT2D eigenvalue weighted by Crippen LogP contribution is -2.19. The minimum atomic E-state index is 0.597. The quantitative estimate of drug-likeness (QED) is 0.170. The third-order valence-electron chi connectivity index (χ3n) is 7.92. The second-order valence-electron chi connectivity index (χ2n) is 10.1. The van der Waals surface area contributed by atoms with Gasteiger partial charge in [0.15, 0.2) is 0 Å². The van der Waals surface area contributed by atoms with Crippen LogP contribution in [0.25, 0.3) is 60.2 Å². The molecule has 0 amide bonds. The number of nitrogens with zero attached hydrogens (tertiary/aromatic N) is 4. The van der Waals surface area contributed by atoms with Crippen molar-refractivity contribution in [1.82, 2.24) is 15.0 Å². The van der Waals surface area contributed by atoms with Crippen molar-refractivity contribution in [2.24, 2.45) is 0 Å². The van der Waals surface area contributed by atoms with Crippen LogP contribution in [0, 0.1) is 0 Å². The maximum atomic E-state index is 5.29. The summed E-state index contributed by atoms with van der Waals surface area (Å²) in [5.74, 6) is 0.597. The first kappa shape index (κ1) is 23.3. The van der Waals surface area contributed by atoms with E-state index in [2.05, 4.69) is 115 Å². The molecule has 0 saturated heterocycles. The van der Waals surface area contributed by atoms with Crippen LogP contribution in [0.4, 0.5) is 17.3 Å². The van der Waals surface area contributed by atoms with E-state index in [1.165, 1.54) is 0 Å². The molecule has 0 radical (unpaired) electrons. The van der Waals surface area contributed by atoms with Crippen molar-refractivity contribution in [2.75, 3.05) is 4.90 Å². The van der Waals surface area contributed by atoms with Crippen LogP contribution in [0.5, 0.6) is 0 Å². The Morgan fingerprint density at radius 2 is 1.39 bits per heavy atom. The van der Waals surface area contributed by atoms with Gasteiger partial charge in [-0.15, -0.1) is 0 Å². The number of para-hydroxylation sites is 2. The van der Waals surface area contributed by atoms with Gasteiger partial charge in [0.25, 0.3) is 0 Å². The van der Waals surface area contributed by atoms with Gasteiger partial charge in [-0.25, -0.2) is 15.0 Å². The highest BCUT2D eigenvalue weighted by molar-refractivity contribution is 6.20. The zero-order valence-corrected chi connectivity index (χ0v) is 22.3. The fourth-order valence-corrected chi connectivity index (χ4v) is 6.13. The summed E-state index contributed by atoms with van der Waals surface area (Å²) in [4.78, 5) is 17.9. The average Bonchev–Trinajstić information content (AvgIpc) is 3.03. The lowest BCUT2D eigenvalue weighted by atomic mass is 9.93. The Labute approximate surface area is 237 Å². The molecular weight excluding hydrogens is 500 g/mol. The number of anilines is 3. The van der Waals surface area contributed by atoms with E-state index in [-0.39, 0.29) is 0 Å². The largest absolute Gasteiger partial charge is 0.278 e. The first-order valence-corrected chi connectivity index (χ1v) is 13.6. The predicted octanol–water partition coefficient (Wildman–Crippen LogP) is 9.69. The first-order chi connectivity index (χ1) is 20.3. The Morgan fingerprint density at radius 1 is 0.634 bits per heavy atom. The molecule has 8 rings (SSSR count). The molecule has 192 valence electrons. The van der Waals surface area contributed by atoms with Crippen molar-refractivity contribution in [3.05, 3.63) is 140 Å². The van der Waals surface area contributed by atoms with Gasteiger partial charge in [-0.2, -0.15) is 0 Å². The summed E-state index contributed by atoms with van der Waals surface area (Å²) >= 11 is 0. The second-order valence-corrected chi connectivity index (χ2v) is 10.1. The van der Waals surface area contributed by atoms with Crippen molar-refractivity contribution < 1.29 is 0 Å². The smallest absolute Gasteiger partial charge is 0.235 e. The van der Waals surface area contributed by atoms with Gasteiger partial charge < -0.3 is 0 Å². The number of benzene rings is 5. The Kier molecular flexibility index (Phi) is 5.09. The van der Waals surface area contributed by atoms with E-state index in [1.807, 2.05) is 18.2 Å². The molecule has 1 aliphatic heterocycles. The highest BCUT2D eigenvalue weighted by atomic mass is 15.3. The molecule has 7 aromatic rings. The molecule has 5 aromatic carbocycles. The van der Waals surface area contributed by atoms with Gasteiger partial charge in [0, 0.05) is 32.7 Å². The lowest BCUT2D eigenvalue weighted by Gasteiger charge is -2.32. The second kappa shape index (κ2) is 8.97. The van der Waals surface area contributed by atoms with Gasteiger partial charge in [0.05, 0.1) is 33.8 Å². The zero-order valence-electron chi connectivity index (χ0n) is 22.3. The van der Waals surface area contributed by atoms with Crippen molar-refractivity contribution in [2.45, 2.75) is 0 Å². The summed E-state index contributed by atoms with van der Waals surface area (Å²) in [5, 5.41) is 6.56. The Hall–Kier alpha value is -5.61. The van der Waals surface area contributed by atoms with Crippen molar-refractivity contribution >= 4 is 66.2 Å². The van der Waals surface area contributed by atoms with Gasteiger partial charge in [0.2, 0.25) is 5.95 Å². The van der Waals surface area contributed by atoms with Crippen LogP contribution in [0.1, 0.15) is 5.69 Å². The lowest BCUT2D eigenvalue weighted by molar-refractivity contribution is 1.10. The fraction of sp³-hybridized carbons (Fsp3) is 0. The Balaban J connectivity index is 1.53. The highest BCUT2D eigenvalue weighted by Crippen LogP contribution is 2.50. The number of hydrogen-bond donors (Lipinski definition) is 0. The number of aromatic nitrogens is 3.